The van der Waals surface area contributed by atoms with E-state index in [-0.39, 0.29) is 12.4 Å². The number of nitrogens with zero attached hydrogens (tertiary/aromatic N) is 4. The van der Waals surface area contributed by atoms with E-state index < -0.39 is 21.7 Å². The molecule has 0 aliphatic carbocycles. The van der Waals surface area contributed by atoms with Crippen molar-refractivity contribution in [2.45, 2.75) is 111 Å². The fraction of sp³-hybridized carbons (Fsp3) is 0.452. The lowest BCUT2D eigenvalue weighted by Gasteiger charge is -2.19. The Balaban J connectivity index is 0.000000295. The maximum Gasteiger partial charge on any atom is 0.310 e. The molecule has 0 unspecified atom stereocenters. The van der Waals surface area contributed by atoms with Gasteiger partial charge in [0.25, 0.3) is 0 Å². The van der Waals surface area contributed by atoms with Gasteiger partial charge in [-0.1, -0.05) is 88.8 Å². The third-order valence-corrected chi connectivity index (χ3v) is 11.8. The number of aromatic nitrogens is 4. The Kier molecular flexibility index (Phi) is 15.4. The number of nitrogens with two attached hydrogens (primary N) is 1. The molecular formula is C42H63N5O4Si2. The zero-order valence-electron chi connectivity index (χ0n) is 34.1. The average Bonchev–Trinajstić information content (AvgIpc) is 3.55. The molecule has 4 rings (SSSR count). The molecule has 0 atom stereocenters. The third-order valence-electron chi connectivity index (χ3n) is 8.35. The van der Waals surface area contributed by atoms with Gasteiger partial charge in [-0.2, -0.15) is 10.2 Å². The highest BCUT2D eigenvalue weighted by Gasteiger charge is 2.19. The summed E-state index contributed by atoms with van der Waals surface area (Å²) in [5.41, 5.74) is 15.1. The van der Waals surface area contributed by atoms with Crippen LogP contribution in [0.5, 0.6) is 0 Å². The maximum absolute atomic E-state index is 12.1. The predicted molar refractivity (Wildman–Crippen MR) is 227 cm³/mol. The van der Waals surface area contributed by atoms with E-state index in [1.165, 1.54) is 0 Å². The van der Waals surface area contributed by atoms with Crippen molar-refractivity contribution in [3.8, 4) is 22.3 Å². The fourth-order valence-corrected chi connectivity index (χ4v) is 7.08. The van der Waals surface area contributed by atoms with Gasteiger partial charge < -0.3 is 19.9 Å². The molecule has 0 fully saturated rings. The van der Waals surface area contributed by atoms with Crippen LogP contribution in [-0.2, 0) is 38.9 Å². The van der Waals surface area contributed by atoms with Gasteiger partial charge in [-0.05, 0) is 87.7 Å². The van der Waals surface area contributed by atoms with Gasteiger partial charge in [0.15, 0.2) is 0 Å². The summed E-state index contributed by atoms with van der Waals surface area (Å²) in [5, 5.41) is 9.28. The summed E-state index contributed by atoms with van der Waals surface area (Å²) >= 11 is 0. The molecule has 288 valence electrons. The number of carbonyl (C=O) groups is 1. The van der Waals surface area contributed by atoms with Crippen molar-refractivity contribution in [1.82, 2.24) is 19.6 Å². The Morgan fingerprint density at radius 3 is 1.49 bits per heavy atom. The van der Waals surface area contributed by atoms with Crippen molar-refractivity contribution in [3.63, 3.8) is 0 Å². The van der Waals surface area contributed by atoms with Gasteiger partial charge in [0.05, 0.1) is 29.2 Å². The molecule has 2 heterocycles. The maximum atomic E-state index is 12.1. The molecule has 0 bridgehead atoms. The first-order valence-corrected chi connectivity index (χ1v) is 25.8. The van der Waals surface area contributed by atoms with Crippen molar-refractivity contribution in [2.24, 2.45) is 0 Å². The summed E-state index contributed by atoms with van der Waals surface area (Å²) in [6.07, 6.45) is 3.93. The molecule has 0 spiro atoms. The minimum absolute atomic E-state index is 0.221. The van der Waals surface area contributed by atoms with Crippen molar-refractivity contribution in [2.75, 3.05) is 18.9 Å². The van der Waals surface area contributed by atoms with Crippen LogP contribution < -0.4 is 5.73 Å². The summed E-state index contributed by atoms with van der Waals surface area (Å²) in [5.74, 6) is -0.221. The molecule has 9 nitrogen and oxygen atoms in total. The standard InChI is InChI=1S/C24H36N2O3Si.C18H27N3OSi/c1-9-21-23(18(2)25-26(21)17-28-14-15-30(6,7)8)20-12-10-19(11-13-20)16-22(27)29-24(3,4)5;1-6-17-18(15-7-9-16(19)10-8-15)14(2)20-21(17)13-22-11-12-23(3,4)5/h9-13H,1,14-17H2,2-8H3;6-10H,1,11-13,19H2,2-5H3. The monoisotopic (exact) mass is 757 g/mol. The van der Waals surface area contributed by atoms with Gasteiger partial charge in [-0.3, -0.25) is 4.79 Å². The Bertz CT molecular complexity index is 1810. The van der Waals surface area contributed by atoms with Crippen molar-refractivity contribution in [1.29, 1.82) is 0 Å². The lowest BCUT2D eigenvalue weighted by Crippen LogP contribution is -2.24. The summed E-state index contributed by atoms with van der Waals surface area (Å²) in [4.78, 5) is 12.1. The molecule has 0 aliphatic rings. The molecule has 0 saturated carbocycles. The SMILES string of the molecule is C=Cc1c(-c2ccc(CC(=O)OC(C)(C)C)cc2)c(C)nn1COCC[Si](C)(C)C.C=Cc1c(-c2ccc(N)cc2)c(C)nn1COCC[Si](C)(C)C. The average molecular weight is 758 g/mol. The van der Waals surface area contributed by atoms with Crippen molar-refractivity contribution >= 4 is 40.0 Å². The van der Waals surface area contributed by atoms with Gasteiger partial charge in [0.1, 0.15) is 19.1 Å². The number of carbonyl (C=O) groups excluding carboxylic acids is 1. The van der Waals surface area contributed by atoms with Crippen LogP contribution in [0.1, 0.15) is 49.1 Å². The molecule has 2 aromatic heterocycles. The van der Waals surface area contributed by atoms with Crippen LogP contribution in [0, 0.1) is 13.8 Å². The zero-order chi connectivity index (χ0) is 39.6. The smallest absolute Gasteiger partial charge is 0.310 e. The molecule has 0 saturated heterocycles. The normalized spacial score (nSPS) is 11.9. The predicted octanol–water partition coefficient (Wildman–Crippen LogP) is 10.1. The van der Waals surface area contributed by atoms with Crippen LogP contribution in [0.4, 0.5) is 5.69 Å². The first kappa shape index (κ1) is 43.4. The molecule has 4 aromatic rings. The van der Waals surface area contributed by atoms with Crippen LogP contribution in [0.3, 0.4) is 0 Å². The number of benzene rings is 2. The lowest BCUT2D eigenvalue weighted by atomic mass is 10.0. The molecule has 0 aliphatic heterocycles. The molecule has 0 radical (unpaired) electrons. The number of anilines is 1. The van der Waals surface area contributed by atoms with Crippen LogP contribution in [0.2, 0.25) is 51.4 Å². The summed E-state index contributed by atoms with van der Waals surface area (Å²) in [7, 11) is -2.18. The molecule has 0 amide bonds. The number of ether oxygens (including phenoxy) is 3. The van der Waals surface area contributed by atoms with Crippen LogP contribution in [-0.4, -0.2) is 60.5 Å². The van der Waals surface area contributed by atoms with Gasteiger partial charge in [-0.15, -0.1) is 0 Å². The minimum atomic E-state index is -1.11. The number of nitrogen functional groups attached to an aromatic ring is 1. The van der Waals surface area contributed by atoms with Crippen molar-refractivity contribution in [3.05, 3.63) is 90.0 Å². The Morgan fingerprint density at radius 1 is 0.736 bits per heavy atom. The molecule has 2 N–H and O–H groups in total. The van der Waals surface area contributed by atoms with Crippen molar-refractivity contribution < 1.29 is 19.0 Å². The summed E-state index contributed by atoms with van der Waals surface area (Å²) in [6, 6.07) is 18.1. The molecule has 11 heteroatoms. The molecular weight excluding hydrogens is 695 g/mol. The zero-order valence-corrected chi connectivity index (χ0v) is 36.1. The topological polar surface area (TPSA) is 106 Å². The van der Waals surface area contributed by atoms with E-state index in [9.17, 15) is 4.79 Å². The number of hydrogen-bond donors (Lipinski definition) is 1. The van der Waals surface area contributed by atoms with E-state index in [0.717, 1.165) is 81.6 Å². The Labute approximate surface area is 320 Å². The number of esters is 1. The quantitative estimate of drug-likeness (QED) is 0.0525. The first-order valence-electron chi connectivity index (χ1n) is 18.4. The van der Waals surface area contributed by atoms with E-state index in [1.807, 2.05) is 105 Å². The van der Waals surface area contributed by atoms with Gasteiger partial charge in [-0.25, -0.2) is 9.36 Å². The van der Waals surface area contributed by atoms with E-state index in [4.69, 9.17) is 19.9 Å². The second-order valence-electron chi connectivity index (χ2n) is 16.9. The van der Waals surface area contributed by atoms with E-state index in [1.54, 1.807) is 0 Å². The number of rotatable bonds is 16. The van der Waals surface area contributed by atoms with Crippen LogP contribution in [0.25, 0.3) is 34.4 Å². The minimum Gasteiger partial charge on any atom is -0.460 e. The second-order valence-corrected chi connectivity index (χ2v) is 28.1. The first-order chi connectivity index (χ1) is 24.7. The highest BCUT2D eigenvalue weighted by atomic mass is 28.3. The Hall–Kier alpha value is -4.04. The van der Waals surface area contributed by atoms with E-state index in [0.29, 0.717) is 13.5 Å². The number of aryl methyl sites for hydroxylation is 2. The van der Waals surface area contributed by atoms with Crippen LogP contribution in [0.15, 0.2) is 61.7 Å². The van der Waals surface area contributed by atoms with Crippen LogP contribution >= 0.6 is 0 Å². The van der Waals surface area contributed by atoms with Gasteiger partial charge in [0, 0.05) is 46.2 Å². The molecule has 2 aromatic carbocycles. The van der Waals surface area contributed by atoms with E-state index >= 15 is 0 Å². The lowest BCUT2D eigenvalue weighted by molar-refractivity contribution is -0.153. The summed E-state index contributed by atoms with van der Waals surface area (Å²) < 4.78 is 20.9. The Morgan fingerprint density at radius 2 is 1.13 bits per heavy atom. The fourth-order valence-electron chi connectivity index (χ4n) is 5.57. The molecule has 53 heavy (non-hydrogen) atoms. The van der Waals surface area contributed by atoms with Gasteiger partial charge >= 0.3 is 5.97 Å². The summed E-state index contributed by atoms with van der Waals surface area (Å²) in [6.45, 7) is 34.0. The second kappa shape index (κ2) is 18.8. The van der Waals surface area contributed by atoms with Gasteiger partial charge in [0.2, 0.25) is 0 Å². The number of hydrogen-bond acceptors (Lipinski definition) is 7. The highest BCUT2D eigenvalue weighted by Crippen LogP contribution is 2.30. The largest absolute Gasteiger partial charge is 0.460 e. The highest BCUT2D eigenvalue weighted by molar-refractivity contribution is 6.76. The third kappa shape index (κ3) is 14.0. The van der Waals surface area contributed by atoms with E-state index in [2.05, 4.69) is 62.6 Å².